The van der Waals surface area contributed by atoms with E-state index in [1.165, 1.54) is 14.2 Å². The van der Waals surface area contributed by atoms with Crippen molar-refractivity contribution in [3.8, 4) is 17.6 Å². The fourth-order valence-corrected chi connectivity index (χ4v) is 5.81. The van der Waals surface area contributed by atoms with E-state index >= 15 is 0 Å². The zero-order valence-corrected chi connectivity index (χ0v) is 27.6. The monoisotopic (exact) mass is 653 g/mol. The number of azo groups is 1. The van der Waals surface area contributed by atoms with Crippen molar-refractivity contribution < 1.29 is 28.6 Å². The molecule has 2 aromatic carbocycles. The van der Waals surface area contributed by atoms with E-state index in [1.54, 1.807) is 19.1 Å². The zero-order valence-electron chi connectivity index (χ0n) is 26.8. The SMILES string of the molecule is CCCN(CCO)CCS(=O)c1cc(OC)c(N=Nc2c(Nc3ccccc3)nc(NCCOCCO)c(C#N)c2C)cc1OC. The minimum Gasteiger partial charge on any atom is -0.495 e. The average molecular weight is 654 g/mol. The normalized spacial score (nSPS) is 11.9. The first-order chi connectivity index (χ1) is 22.4. The highest BCUT2D eigenvalue weighted by Crippen LogP contribution is 2.40. The van der Waals surface area contributed by atoms with E-state index in [-0.39, 0.29) is 19.8 Å². The molecule has 3 aromatic rings. The predicted octanol–water partition coefficient (Wildman–Crippen LogP) is 4.67. The summed E-state index contributed by atoms with van der Waals surface area (Å²) in [4.78, 5) is 7.22. The van der Waals surface area contributed by atoms with Crippen LogP contribution in [0.1, 0.15) is 24.5 Å². The molecule has 0 aliphatic carbocycles. The van der Waals surface area contributed by atoms with Crippen LogP contribution in [0.4, 0.5) is 28.7 Å². The fraction of sp³-hybridized carbons (Fsp3) is 0.438. The Balaban J connectivity index is 1.99. The lowest BCUT2D eigenvalue weighted by Crippen LogP contribution is -2.31. The number of aliphatic hydroxyl groups excluding tert-OH is 2. The number of anilines is 3. The Bertz CT molecular complexity index is 1490. The van der Waals surface area contributed by atoms with Crippen LogP contribution in [0, 0.1) is 18.3 Å². The molecule has 1 unspecified atom stereocenters. The van der Waals surface area contributed by atoms with Gasteiger partial charge in [-0.2, -0.15) is 5.26 Å². The summed E-state index contributed by atoms with van der Waals surface area (Å²) in [6.45, 7) is 6.56. The van der Waals surface area contributed by atoms with Gasteiger partial charge in [0, 0.05) is 48.8 Å². The number of nitrogens with one attached hydrogen (secondary N) is 2. The van der Waals surface area contributed by atoms with Crippen LogP contribution >= 0.6 is 0 Å². The van der Waals surface area contributed by atoms with Gasteiger partial charge in [-0.25, -0.2) is 4.98 Å². The van der Waals surface area contributed by atoms with E-state index in [0.717, 1.165) is 18.7 Å². The number of aromatic nitrogens is 1. The Morgan fingerprint density at radius 1 is 1.00 bits per heavy atom. The van der Waals surface area contributed by atoms with Crippen molar-refractivity contribution in [2.45, 2.75) is 25.2 Å². The lowest BCUT2D eigenvalue weighted by molar-refractivity contribution is 0.0992. The molecular formula is C32H43N7O6S. The molecule has 46 heavy (non-hydrogen) atoms. The second-order valence-electron chi connectivity index (χ2n) is 10.0. The lowest BCUT2D eigenvalue weighted by Gasteiger charge is -2.20. The van der Waals surface area contributed by atoms with Crippen molar-refractivity contribution in [2.75, 3.05) is 83.2 Å². The van der Waals surface area contributed by atoms with Gasteiger partial charge in [-0.3, -0.25) is 4.21 Å². The van der Waals surface area contributed by atoms with Crippen molar-refractivity contribution in [3.63, 3.8) is 0 Å². The van der Waals surface area contributed by atoms with Crippen molar-refractivity contribution in [3.05, 3.63) is 53.6 Å². The molecule has 0 aliphatic rings. The van der Waals surface area contributed by atoms with E-state index in [0.29, 0.717) is 82.5 Å². The summed E-state index contributed by atoms with van der Waals surface area (Å²) >= 11 is 0. The van der Waals surface area contributed by atoms with Crippen LogP contribution in [0.3, 0.4) is 0 Å². The minimum absolute atomic E-state index is 0.0382. The number of hydrogen-bond acceptors (Lipinski definition) is 13. The molecule has 0 spiro atoms. The van der Waals surface area contributed by atoms with E-state index in [9.17, 15) is 14.6 Å². The molecule has 0 fully saturated rings. The average Bonchev–Trinajstić information content (AvgIpc) is 3.07. The first-order valence-electron chi connectivity index (χ1n) is 15.0. The van der Waals surface area contributed by atoms with Gasteiger partial charge in [-0.05, 0) is 32.0 Å². The van der Waals surface area contributed by atoms with Crippen LogP contribution in [0.15, 0.2) is 57.6 Å². The van der Waals surface area contributed by atoms with Gasteiger partial charge in [-0.1, -0.05) is 25.1 Å². The Kier molecular flexibility index (Phi) is 15.3. The highest BCUT2D eigenvalue weighted by molar-refractivity contribution is 7.85. The van der Waals surface area contributed by atoms with Crippen LogP contribution in [-0.4, -0.2) is 96.9 Å². The van der Waals surface area contributed by atoms with Gasteiger partial charge in [0.05, 0.1) is 61.9 Å². The molecule has 1 atom stereocenters. The second kappa shape index (κ2) is 19.4. The molecule has 0 saturated heterocycles. The Hall–Kier alpha value is -4.13. The van der Waals surface area contributed by atoms with Gasteiger partial charge in [0.2, 0.25) is 0 Å². The third kappa shape index (κ3) is 10.2. The van der Waals surface area contributed by atoms with Crippen LogP contribution in [0.2, 0.25) is 0 Å². The topological polar surface area (TPSA) is 174 Å². The van der Waals surface area contributed by atoms with Crippen LogP contribution in [0.25, 0.3) is 0 Å². The van der Waals surface area contributed by atoms with Crippen molar-refractivity contribution in [1.29, 1.82) is 5.26 Å². The third-order valence-electron chi connectivity index (χ3n) is 6.85. The molecule has 4 N–H and O–H groups in total. The van der Waals surface area contributed by atoms with Crippen LogP contribution in [0.5, 0.6) is 11.5 Å². The Morgan fingerprint density at radius 2 is 1.76 bits per heavy atom. The van der Waals surface area contributed by atoms with Gasteiger partial charge < -0.3 is 40.0 Å². The molecular weight excluding hydrogens is 610 g/mol. The molecule has 13 nitrogen and oxygen atoms in total. The molecule has 3 rings (SSSR count). The quantitative estimate of drug-likeness (QED) is 0.0986. The first kappa shape index (κ1) is 36.3. The number of nitriles is 1. The Labute approximate surface area is 272 Å². The minimum atomic E-state index is -1.41. The van der Waals surface area contributed by atoms with Gasteiger partial charge in [0.25, 0.3) is 0 Å². The number of hydrogen-bond donors (Lipinski definition) is 4. The summed E-state index contributed by atoms with van der Waals surface area (Å²) < 4.78 is 29.9. The standard InChI is InChI=1S/C32H43N7O6S/c1-5-12-39(13-15-40)14-19-46(42)29-21-27(43-3)26(20-28(29)44-4)37-38-30-23(2)25(22-33)31(34-11-17-45-18-16-41)36-32(30)35-24-9-7-6-8-10-24/h6-10,20-21,40-41H,5,11-19H2,1-4H3,(H2,34,35,36). The molecule has 248 valence electrons. The van der Waals surface area contributed by atoms with E-state index < -0.39 is 10.8 Å². The smallest absolute Gasteiger partial charge is 0.161 e. The number of para-hydroxylation sites is 1. The largest absolute Gasteiger partial charge is 0.495 e. The van der Waals surface area contributed by atoms with Crippen molar-refractivity contribution >= 4 is 39.5 Å². The highest BCUT2D eigenvalue weighted by Gasteiger charge is 2.20. The molecule has 0 aliphatic heterocycles. The third-order valence-corrected chi connectivity index (χ3v) is 8.22. The summed E-state index contributed by atoms with van der Waals surface area (Å²) in [5, 5.41) is 43.8. The zero-order chi connectivity index (χ0) is 33.3. The summed E-state index contributed by atoms with van der Waals surface area (Å²) in [7, 11) is 1.58. The lowest BCUT2D eigenvalue weighted by atomic mass is 10.1. The highest BCUT2D eigenvalue weighted by atomic mass is 32.2. The van der Waals surface area contributed by atoms with E-state index in [1.807, 2.05) is 30.3 Å². The fourth-order valence-electron chi connectivity index (χ4n) is 4.56. The number of rotatable bonds is 20. The molecule has 1 aromatic heterocycles. The van der Waals surface area contributed by atoms with Gasteiger partial charge in [0.1, 0.15) is 34.8 Å². The molecule has 0 amide bonds. The molecule has 14 heteroatoms. The molecule has 0 saturated carbocycles. The molecule has 0 radical (unpaired) electrons. The maximum atomic E-state index is 13.3. The predicted molar refractivity (Wildman–Crippen MR) is 179 cm³/mol. The van der Waals surface area contributed by atoms with Gasteiger partial charge >= 0.3 is 0 Å². The summed E-state index contributed by atoms with van der Waals surface area (Å²) in [5.41, 5.74) is 2.27. The number of nitrogens with zero attached hydrogens (tertiary/aromatic N) is 5. The first-order valence-corrected chi connectivity index (χ1v) is 16.3. The number of aliphatic hydroxyl groups is 2. The van der Waals surface area contributed by atoms with E-state index in [4.69, 9.17) is 19.3 Å². The van der Waals surface area contributed by atoms with Gasteiger partial charge in [0.15, 0.2) is 5.82 Å². The molecule has 1 heterocycles. The summed E-state index contributed by atoms with van der Waals surface area (Å²) in [5.74, 6) is 1.79. The maximum absolute atomic E-state index is 13.3. The number of pyridine rings is 1. The van der Waals surface area contributed by atoms with E-state index in [2.05, 4.69) is 43.7 Å². The van der Waals surface area contributed by atoms with Crippen LogP contribution < -0.4 is 20.1 Å². The Morgan fingerprint density at radius 3 is 2.41 bits per heavy atom. The van der Waals surface area contributed by atoms with Crippen molar-refractivity contribution in [1.82, 2.24) is 9.88 Å². The second-order valence-corrected chi connectivity index (χ2v) is 11.6. The number of methoxy groups -OCH3 is 2. The van der Waals surface area contributed by atoms with Crippen molar-refractivity contribution in [2.24, 2.45) is 10.2 Å². The van der Waals surface area contributed by atoms with Gasteiger partial charge in [-0.15, -0.1) is 10.2 Å². The number of ether oxygens (including phenoxy) is 3. The number of benzene rings is 2. The maximum Gasteiger partial charge on any atom is 0.161 e. The van der Waals surface area contributed by atoms with Crippen LogP contribution in [-0.2, 0) is 15.5 Å². The molecule has 0 bridgehead atoms. The summed E-state index contributed by atoms with van der Waals surface area (Å²) in [6.07, 6.45) is 0.927. The summed E-state index contributed by atoms with van der Waals surface area (Å²) in [6, 6.07) is 14.9.